The molecule has 2 aliphatic rings. The van der Waals surface area contributed by atoms with Gasteiger partial charge in [0.1, 0.15) is 0 Å². The van der Waals surface area contributed by atoms with Gasteiger partial charge in [-0.1, -0.05) is 32.6 Å². The molecule has 0 saturated heterocycles. The molecule has 0 unspecified atom stereocenters. The molecule has 2 fully saturated rings. The number of hydrogen-bond donors (Lipinski definition) is 1. The first-order valence-electron chi connectivity index (χ1n) is 5.95. The van der Waals surface area contributed by atoms with Crippen molar-refractivity contribution in [3.63, 3.8) is 0 Å². The molecule has 2 rings (SSSR count). The molecule has 0 heterocycles. The lowest BCUT2D eigenvalue weighted by Gasteiger charge is -2.21. The molecule has 76 valence electrons. The van der Waals surface area contributed by atoms with E-state index in [-0.39, 0.29) is 6.10 Å². The van der Waals surface area contributed by atoms with Gasteiger partial charge in [0.25, 0.3) is 0 Å². The van der Waals surface area contributed by atoms with Crippen LogP contribution in [0, 0.1) is 11.3 Å². The predicted octanol–water partition coefficient (Wildman–Crippen LogP) is 3.12. The molecule has 2 saturated carbocycles. The Balaban J connectivity index is 1.75. The molecule has 0 radical (unpaired) electrons. The normalized spacial score (nSPS) is 27.2. The molecular weight excluding hydrogens is 160 g/mol. The van der Waals surface area contributed by atoms with Crippen molar-refractivity contribution in [3.05, 3.63) is 0 Å². The van der Waals surface area contributed by atoms with Crippen molar-refractivity contribution in [2.45, 2.75) is 64.4 Å². The second-order valence-corrected chi connectivity index (χ2v) is 5.17. The number of aliphatic hydroxyl groups is 1. The van der Waals surface area contributed by atoms with Gasteiger partial charge in [0.2, 0.25) is 0 Å². The fourth-order valence-corrected chi connectivity index (χ4v) is 2.43. The predicted molar refractivity (Wildman–Crippen MR) is 54.5 cm³/mol. The summed E-state index contributed by atoms with van der Waals surface area (Å²) in [6, 6.07) is 0. The Morgan fingerprint density at radius 3 is 2.54 bits per heavy atom. The van der Waals surface area contributed by atoms with Gasteiger partial charge in [-0.25, -0.2) is 0 Å². The van der Waals surface area contributed by atoms with Crippen LogP contribution in [0.5, 0.6) is 0 Å². The number of rotatable bonds is 6. The van der Waals surface area contributed by atoms with Crippen molar-refractivity contribution >= 4 is 0 Å². The van der Waals surface area contributed by atoms with Gasteiger partial charge in [-0.15, -0.1) is 0 Å². The van der Waals surface area contributed by atoms with Gasteiger partial charge in [-0.2, -0.15) is 0 Å². The van der Waals surface area contributed by atoms with E-state index in [1.54, 1.807) is 0 Å². The van der Waals surface area contributed by atoms with Crippen molar-refractivity contribution in [2.75, 3.05) is 0 Å². The highest BCUT2D eigenvalue weighted by atomic mass is 16.3. The Bertz CT molecular complexity index is 168. The molecule has 0 amide bonds. The third-order valence-electron chi connectivity index (χ3n) is 3.82. The zero-order valence-corrected chi connectivity index (χ0v) is 8.76. The largest absolute Gasteiger partial charge is 0.393 e. The van der Waals surface area contributed by atoms with Crippen molar-refractivity contribution in [2.24, 2.45) is 11.3 Å². The molecule has 1 N–H and O–H groups in total. The summed E-state index contributed by atoms with van der Waals surface area (Å²) in [6.07, 6.45) is 10.3. The third kappa shape index (κ3) is 2.25. The minimum atomic E-state index is 0.0213. The summed E-state index contributed by atoms with van der Waals surface area (Å²) >= 11 is 0. The number of hydrogen-bond acceptors (Lipinski definition) is 1. The number of unbranched alkanes of at least 4 members (excludes halogenated alkanes) is 1. The molecule has 1 nitrogen and oxygen atoms in total. The molecule has 1 heteroatoms. The molecule has 0 aromatic rings. The molecule has 0 aliphatic heterocycles. The maximum absolute atomic E-state index is 10.0. The highest BCUT2D eigenvalue weighted by Crippen LogP contribution is 2.57. The average molecular weight is 182 g/mol. The zero-order chi connectivity index (χ0) is 9.31. The molecule has 0 aromatic heterocycles. The lowest BCUT2D eigenvalue weighted by atomic mass is 9.89. The summed E-state index contributed by atoms with van der Waals surface area (Å²) in [5, 5.41) is 10.0. The van der Waals surface area contributed by atoms with Gasteiger partial charge in [0.05, 0.1) is 6.10 Å². The van der Waals surface area contributed by atoms with E-state index in [1.807, 2.05) is 0 Å². The summed E-state index contributed by atoms with van der Waals surface area (Å²) in [7, 11) is 0. The van der Waals surface area contributed by atoms with Crippen LogP contribution in [-0.2, 0) is 0 Å². The fraction of sp³-hybridized carbons (Fsp3) is 1.00. The standard InChI is InChI=1S/C12H22O/c1-2-3-4-11(13)12(7-8-12)9-10-5-6-10/h10-11,13H,2-9H2,1H3/t11-/m1/s1. The van der Waals surface area contributed by atoms with Gasteiger partial charge < -0.3 is 5.11 Å². The minimum absolute atomic E-state index is 0.0213. The summed E-state index contributed by atoms with van der Waals surface area (Å²) in [6.45, 7) is 2.20. The van der Waals surface area contributed by atoms with Crippen LogP contribution in [0.2, 0.25) is 0 Å². The van der Waals surface area contributed by atoms with Crippen LogP contribution in [0.25, 0.3) is 0 Å². The van der Waals surface area contributed by atoms with Crippen LogP contribution in [-0.4, -0.2) is 11.2 Å². The van der Waals surface area contributed by atoms with E-state index in [0.717, 1.165) is 12.3 Å². The highest BCUT2D eigenvalue weighted by molar-refractivity contribution is 5.01. The van der Waals surface area contributed by atoms with Crippen molar-refractivity contribution in [3.8, 4) is 0 Å². The van der Waals surface area contributed by atoms with Crippen molar-refractivity contribution < 1.29 is 5.11 Å². The quantitative estimate of drug-likeness (QED) is 0.669. The Labute approximate surface area is 81.5 Å². The average Bonchev–Trinajstić information content (AvgIpc) is 2.98. The Hall–Kier alpha value is -0.0400. The lowest BCUT2D eigenvalue weighted by Crippen LogP contribution is -2.22. The molecule has 2 aliphatic carbocycles. The first kappa shape index (κ1) is 9.51. The monoisotopic (exact) mass is 182 g/mol. The summed E-state index contributed by atoms with van der Waals surface area (Å²) in [5.41, 5.74) is 0.399. The molecule has 0 aromatic carbocycles. The SMILES string of the molecule is CCCC[C@@H](O)C1(CC2CC2)CC1. The van der Waals surface area contributed by atoms with Crippen LogP contribution < -0.4 is 0 Å². The van der Waals surface area contributed by atoms with Crippen molar-refractivity contribution in [1.82, 2.24) is 0 Å². The minimum Gasteiger partial charge on any atom is -0.393 e. The maximum atomic E-state index is 10.0. The molecule has 0 spiro atoms. The topological polar surface area (TPSA) is 20.2 Å². The van der Waals surface area contributed by atoms with E-state index in [9.17, 15) is 5.11 Å². The van der Waals surface area contributed by atoms with E-state index in [0.29, 0.717) is 5.41 Å². The number of aliphatic hydroxyl groups excluding tert-OH is 1. The van der Waals surface area contributed by atoms with Crippen LogP contribution in [0.3, 0.4) is 0 Å². The van der Waals surface area contributed by atoms with Gasteiger partial charge in [-0.3, -0.25) is 0 Å². The second kappa shape index (κ2) is 3.61. The highest BCUT2D eigenvalue weighted by Gasteiger charge is 2.50. The fourth-order valence-electron chi connectivity index (χ4n) is 2.43. The van der Waals surface area contributed by atoms with E-state index in [2.05, 4.69) is 6.92 Å². The molecule has 13 heavy (non-hydrogen) atoms. The Morgan fingerprint density at radius 2 is 2.08 bits per heavy atom. The third-order valence-corrected chi connectivity index (χ3v) is 3.82. The van der Waals surface area contributed by atoms with Crippen LogP contribution in [0.1, 0.15) is 58.3 Å². The zero-order valence-electron chi connectivity index (χ0n) is 8.76. The van der Waals surface area contributed by atoms with E-state index in [4.69, 9.17) is 0 Å². The second-order valence-electron chi connectivity index (χ2n) is 5.17. The van der Waals surface area contributed by atoms with Crippen LogP contribution >= 0.6 is 0 Å². The molecule has 0 bridgehead atoms. The van der Waals surface area contributed by atoms with Gasteiger partial charge in [-0.05, 0) is 37.0 Å². The van der Waals surface area contributed by atoms with E-state index < -0.39 is 0 Å². The smallest absolute Gasteiger partial charge is 0.0596 e. The van der Waals surface area contributed by atoms with Crippen molar-refractivity contribution in [1.29, 1.82) is 0 Å². The van der Waals surface area contributed by atoms with E-state index in [1.165, 1.54) is 44.9 Å². The molecule has 1 atom stereocenters. The van der Waals surface area contributed by atoms with Crippen LogP contribution in [0.15, 0.2) is 0 Å². The van der Waals surface area contributed by atoms with Crippen LogP contribution in [0.4, 0.5) is 0 Å². The summed E-state index contributed by atoms with van der Waals surface area (Å²) < 4.78 is 0. The molecular formula is C12H22O. The summed E-state index contributed by atoms with van der Waals surface area (Å²) in [5.74, 6) is 0.985. The van der Waals surface area contributed by atoms with E-state index >= 15 is 0 Å². The summed E-state index contributed by atoms with van der Waals surface area (Å²) in [4.78, 5) is 0. The lowest BCUT2D eigenvalue weighted by molar-refractivity contribution is 0.0733. The first-order chi connectivity index (χ1) is 6.27. The van der Waals surface area contributed by atoms with Gasteiger partial charge >= 0.3 is 0 Å². The van der Waals surface area contributed by atoms with Gasteiger partial charge in [0.15, 0.2) is 0 Å². The Morgan fingerprint density at radius 1 is 1.38 bits per heavy atom. The Kier molecular flexibility index (Phi) is 2.64. The van der Waals surface area contributed by atoms with Gasteiger partial charge in [0, 0.05) is 0 Å². The maximum Gasteiger partial charge on any atom is 0.0596 e. The first-order valence-corrected chi connectivity index (χ1v) is 5.95.